The van der Waals surface area contributed by atoms with E-state index in [0.29, 0.717) is 0 Å². The average molecular weight is 542 g/mol. The Balaban J connectivity index is -0.0000000576. The number of aliphatic carboxylic acids is 1. The van der Waals surface area contributed by atoms with Gasteiger partial charge in [-0.05, 0) is 48.5 Å². The van der Waals surface area contributed by atoms with Crippen LogP contribution in [0.25, 0.3) is 0 Å². The van der Waals surface area contributed by atoms with Crippen LogP contribution in [0.5, 0.6) is 0 Å². The molecule has 0 aliphatic rings. The van der Waals surface area contributed by atoms with Gasteiger partial charge in [-0.15, -0.1) is 0 Å². The molecule has 0 radical (unpaired) electrons. The first-order chi connectivity index (χ1) is 13.8. The summed E-state index contributed by atoms with van der Waals surface area (Å²) in [5.41, 5.74) is -1.43. The van der Waals surface area contributed by atoms with E-state index in [2.05, 4.69) is 22.0 Å². The number of halogens is 1. The first kappa shape index (κ1) is 49.4. The van der Waals surface area contributed by atoms with Crippen molar-refractivity contribution in [2.75, 3.05) is 0 Å². The maximum Gasteiger partial charge on any atom is 1.00 e. The van der Waals surface area contributed by atoms with E-state index in [1.54, 1.807) is 55.4 Å². The Morgan fingerprint density at radius 1 is 0.794 bits per heavy atom. The molecule has 0 aromatic heterocycles. The summed E-state index contributed by atoms with van der Waals surface area (Å²) in [6, 6.07) is 5.92. The molecule has 0 aromatic carbocycles. The van der Waals surface area contributed by atoms with E-state index >= 15 is 0 Å². The van der Waals surface area contributed by atoms with Gasteiger partial charge in [0.25, 0.3) is 0 Å². The maximum atomic E-state index is 10.9. The first-order valence-corrected chi connectivity index (χ1v) is 10.8. The Morgan fingerprint density at radius 2 is 1.03 bits per heavy atom. The van der Waals surface area contributed by atoms with Crippen LogP contribution in [-0.4, -0.2) is 38.4 Å². The first-order valence-electron chi connectivity index (χ1n) is 9.84. The van der Waals surface area contributed by atoms with E-state index in [1.807, 2.05) is 26.0 Å². The van der Waals surface area contributed by atoms with Crippen molar-refractivity contribution in [3.8, 4) is 18.2 Å². The van der Waals surface area contributed by atoms with Crippen molar-refractivity contribution in [2.24, 2.45) is 28.6 Å². The molecule has 0 saturated carbocycles. The van der Waals surface area contributed by atoms with Gasteiger partial charge < -0.3 is 16.1 Å². The number of carbonyl (C=O) groups is 3. The Hall–Kier alpha value is -1.72. The number of carboxylic acids is 1. The third kappa shape index (κ3) is 24.9. The largest absolute Gasteiger partial charge is 1.00 e. The van der Waals surface area contributed by atoms with Crippen LogP contribution in [0.15, 0.2) is 0 Å². The minimum atomic E-state index is -0.936. The molecule has 0 aromatic rings. The third-order valence-corrected chi connectivity index (χ3v) is 5.21. The summed E-state index contributed by atoms with van der Waals surface area (Å²) in [6.07, 6.45) is 0. The van der Waals surface area contributed by atoms with Crippen LogP contribution < -0.4 is 18.9 Å². The molecular formula is C23H41BrLiN3O6. The fourth-order valence-corrected chi connectivity index (χ4v) is 0.813. The molecule has 0 rings (SSSR count). The number of Topliss-reactive ketones (excluding diaryl/α,β-unsaturated/α-hetero) is 2. The minimum Gasteiger partial charge on any atom is -0.870 e. The third-order valence-electron chi connectivity index (χ3n) is 5.00. The Bertz CT molecular complexity index is 663. The number of rotatable bonds is 5. The maximum absolute atomic E-state index is 10.9. The van der Waals surface area contributed by atoms with Gasteiger partial charge in [0.15, 0.2) is 0 Å². The van der Waals surface area contributed by atoms with Crippen LogP contribution in [0.3, 0.4) is 0 Å². The van der Waals surface area contributed by atoms with Crippen molar-refractivity contribution in [1.82, 2.24) is 0 Å². The minimum absolute atomic E-state index is 0. The van der Waals surface area contributed by atoms with Gasteiger partial charge in [-0.3, -0.25) is 14.4 Å². The van der Waals surface area contributed by atoms with E-state index in [9.17, 15) is 14.4 Å². The second kappa shape index (κ2) is 24.4. The molecule has 3 unspecified atom stereocenters. The van der Waals surface area contributed by atoms with Crippen LogP contribution in [0, 0.1) is 62.6 Å². The van der Waals surface area contributed by atoms with E-state index in [0.717, 1.165) is 0 Å². The van der Waals surface area contributed by atoms with Crippen LogP contribution in [-0.2, 0) is 14.4 Å². The second-order valence-electron chi connectivity index (χ2n) is 8.52. The standard InChI is InChI=1S/C8H13NO.C7H11NO2.C5H10O.C3H4BrN.Li.2H2O/c1-6(5-9)8(3,4)7(2)10;1-5(4-8)7(2,3)6(9)10;1-4(2)5(3)6;1-3(4)2-5;;;/h6H,1-4H3;5H,1-3H3,(H,9,10);4H,1-3H3;3H,1H3;;2*1H2/q;;;;+1;;/p-1. The van der Waals surface area contributed by atoms with Crippen LogP contribution in [0.1, 0.15) is 76.2 Å². The SMILES string of the molecule is CC(=O)C(C)(C)C(C)C#N.CC(=O)C(C)C.CC(Br)C#N.CC(C#N)C(C)(C)C(=O)O.O.[Li+].[OH-]. The molecule has 0 aliphatic heterocycles. The number of ketones is 2. The Morgan fingerprint density at radius 3 is 1.09 bits per heavy atom. The smallest absolute Gasteiger partial charge is 0.870 e. The zero-order valence-electron chi connectivity index (χ0n) is 22.6. The van der Waals surface area contributed by atoms with E-state index in [-0.39, 0.29) is 58.0 Å². The number of alkyl halides is 1. The van der Waals surface area contributed by atoms with Crippen LogP contribution in [0.2, 0.25) is 0 Å². The second-order valence-corrected chi connectivity index (χ2v) is 9.89. The number of nitrogens with zero attached hydrogens (tertiary/aromatic N) is 3. The van der Waals surface area contributed by atoms with Gasteiger partial charge in [0.2, 0.25) is 0 Å². The van der Waals surface area contributed by atoms with Crippen LogP contribution >= 0.6 is 15.9 Å². The number of carboxylic acid groups (broad SMARTS) is 1. The molecule has 0 fully saturated rings. The van der Waals surface area contributed by atoms with Gasteiger partial charge in [0, 0.05) is 11.3 Å². The molecule has 0 aliphatic carbocycles. The molecule has 9 nitrogen and oxygen atoms in total. The quantitative estimate of drug-likeness (QED) is 0.397. The summed E-state index contributed by atoms with van der Waals surface area (Å²) in [6.45, 7) is 18.7. The molecule has 34 heavy (non-hydrogen) atoms. The van der Waals surface area contributed by atoms with Crippen molar-refractivity contribution >= 4 is 33.5 Å². The number of carbonyl (C=O) groups excluding carboxylic acids is 2. The molecule has 3 atom stereocenters. The number of hydrogen-bond acceptors (Lipinski definition) is 7. The Kier molecular flexibility index (Phi) is 35.5. The molecule has 192 valence electrons. The van der Waals surface area contributed by atoms with Gasteiger partial charge in [-0.1, -0.05) is 43.6 Å². The van der Waals surface area contributed by atoms with Gasteiger partial charge >= 0.3 is 24.8 Å². The topological polar surface area (TPSA) is 204 Å². The summed E-state index contributed by atoms with van der Waals surface area (Å²) in [4.78, 5) is 31.5. The molecule has 0 amide bonds. The van der Waals surface area contributed by atoms with Crippen LogP contribution in [0.4, 0.5) is 0 Å². The monoisotopic (exact) mass is 541 g/mol. The summed E-state index contributed by atoms with van der Waals surface area (Å²) >= 11 is 3.01. The molecular weight excluding hydrogens is 501 g/mol. The molecule has 0 spiro atoms. The summed E-state index contributed by atoms with van der Waals surface area (Å²) in [7, 11) is 0. The van der Waals surface area contributed by atoms with Crippen molar-refractivity contribution in [3.63, 3.8) is 0 Å². The summed E-state index contributed by atoms with van der Waals surface area (Å²) in [5, 5.41) is 33.4. The fraction of sp³-hybridized carbons (Fsp3) is 0.739. The molecule has 11 heteroatoms. The van der Waals surface area contributed by atoms with E-state index in [4.69, 9.17) is 20.9 Å². The normalized spacial score (nSPS) is 11.7. The Labute approximate surface area is 225 Å². The molecule has 0 heterocycles. The predicted octanol–water partition coefficient (Wildman–Crippen LogP) is 1.55. The van der Waals surface area contributed by atoms with Gasteiger partial charge in [-0.25, -0.2) is 0 Å². The van der Waals surface area contributed by atoms with E-state index in [1.165, 1.54) is 6.92 Å². The average Bonchev–Trinajstić information content (AvgIpc) is 2.67. The number of nitriles is 3. The van der Waals surface area contributed by atoms with Gasteiger partial charge in [0.1, 0.15) is 11.6 Å². The fourth-order valence-electron chi connectivity index (χ4n) is 0.813. The predicted molar refractivity (Wildman–Crippen MR) is 131 cm³/mol. The zero-order valence-corrected chi connectivity index (χ0v) is 24.2. The van der Waals surface area contributed by atoms with Crippen molar-refractivity contribution < 1.29 is 49.3 Å². The van der Waals surface area contributed by atoms with Crippen molar-refractivity contribution in [1.29, 1.82) is 15.8 Å². The summed E-state index contributed by atoms with van der Waals surface area (Å²) in [5.74, 6) is -1.04. The van der Waals surface area contributed by atoms with E-state index < -0.39 is 22.7 Å². The molecule has 0 bridgehead atoms. The van der Waals surface area contributed by atoms with Gasteiger partial charge in [0.05, 0.1) is 40.3 Å². The van der Waals surface area contributed by atoms with Crippen molar-refractivity contribution in [3.05, 3.63) is 0 Å². The molecule has 4 N–H and O–H groups in total. The number of hydrogen-bond donors (Lipinski definition) is 1. The van der Waals surface area contributed by atoms with Gasteiger partial charge in [-0.2, -0.15) is 15.8 Å². The zero-order chi connectivity index (χ0) is 26.2. The molecule has 0 saturated heterocycles. The summed E-state index contributed by atoms with van der Waals surface area (Å²) < 4.78 is 0. The van der Waals surface area contributed by atoms with Crippen molar-refractivity contribution in [2.45, 2.75) is 81.0 Å².